The standard InChI is InChI=1S/C15H12Cl2F3N5O/c16-10-5-7(15(18,19)20)6-11(17)12(10)26-9-3-1-8(2-4-9)24-14(23)25-13(21)22/h1-6H,(H6,21,22,23,24,25). The fourth-order valence-corrected chi connectivity index (χ4v) is 2.38. The quantitative estimate of drug-likeness (QED) is 0.528. The van der Waals surface area contributed by atoms with E-state index in [1.807, 2.05) is 0 Å². The minimum Gasteiger partial charge on any atom is -0.454 e. The third-order valence-electron chi connectivity index (χ3n) is 2.87. The molecule has 2 aromatic carbocycles. The molecule has 6 nitrogen and oxygen atoms in total. The number of nitrogens with zero attached hydrogens (tertiary/aromatic N) is 2. The molecule has 0 aliphatic rings. The van der Waals surface area contributed by atoms with Crippen molar-refractivity contribution < 1.29 is 17.9 Å². The summed E-state index contributed by atoms with van der Waals surface area (Å²) in [5, 5.41) is -0.548. The molecule has 6 N–H and O–H groups in total. The third kappa shape index (κ3) is 5.17. The summed E-state index contributed by atoms with van der Waals surface area (Å²) in [6, 6.07) is 7.50. The van der Waals surface area contributed by atoms with Gasteiger partial charge in [0, 0.05) is 0 Å². The average Bonchev–Trinajstić information content (AvgIpc) is 2.50. The predicted molar refractivity (Wildman–Crippen MR) is 95.1 cm³/mol. The lowest BCUT2D eigenvalue weighted by Crippen LogP contribution is -2.26. The molecule has 0 saturated carbocycles. The van der Waals surface area contributed by atoms with Gasteiger partial charge >= 0.3 is 6.18 Å². The van der Waals surface area contributed by atoms with Crippen LogP contribution in [0.3, 0.4) is 0 Å². The molecular formula is C15H12Cl2F3N5O. The zero-order valence-corrected chi connectivity index (χ0v) is 14.4. The van der Waals surface area contributed by atoms with E-state index >= 15 is 0 Å². The summed E-state index contributed by atoms with van der Waals surface area (Å²) in [5.74, 6) is -0.212. The highest BCUT2D eigenvalue weighted by molar-refractivity contribution is 6.37. The lowest BCUT2D eigenvalue weighted by Gasteiger charge is -2.13. The Balaban J connectivity index is 2.23. The van der Waals surface area contributed by atoms with E-state index in [9.17, 15) is 13.2 Å². The number of halogens is 5. The maximum absolute atomic E-state index is 12.7. The number of rotatable bonds is 3. The van der Waals surface area contributed by atoms with Crippen LogP contribution in [0.4, 0.5) is 18.9 Å². The zero-order chi connectivity index (χ0) is 19.5. The second-order valence-corrected chi connectivity index (χ2v) is 5.68. The molecule has 0 radical (unpaired) electrons. The van der Waals surface area contributed by atoms with E-state index in [4.69, 9.17) is 45.1 Å². The van der Waals surface area contributed by atoms with Crippen LogP contribution in [0, 0.1) is 0 Å². The first-order valence-electron chi connectivity index (χ1n) is 6.84. The largest absolute Gasteiger partial charge is 0.454 e. The highest BCUT2D eigenvalue weighted by atomic mass is 35.5. The van der Waals surface area contributed by atoms with Gasteiger partial charge in [0.1, 0.15) is 5.75 Å². The van der Waals surface area contributed by atoms with Gasteiger partial charge in [0.25, 0.3) is 0 Å². The van der Waals surface area contributed by atoms with E-state index in [1.54, 1.807) is 0 Å². The van der Waals surface area contributed by atoms with Crippen LogP contribution in [0.25, 0.3) is 0 Å². The van der Waals surface area contributed by atoms with Crippen molar-refractivity contribution in [2.24, 2.45) is 27.2 Å². The molecule has 0 aliphatic carbocycles. The maximum atomic E-state index is 12.7. The molecule has 2 aromatic rings. The first-order chi connectivity index (χ1) is 12.1. The van der Waals surface area contributed by atoms with Crippen molar-refractivity contribution in [3.8, 4) is 11.5 Å². The Hall–Kier alpha value is -2.65. The van der Waals surface area contributed by atoms with Crippen molar-refractivity contribution in [1.82, 2.24) is 0 Å². The summed E-state index contributed by atoms with van der Waals surface area (Å²) in [7, 11) is 0. The van der Waals surface area contributed by atoms with E-state index in [1.165, 1.54) is 24.3 Å². The van der Waals surface area contributed by atoms with Crippen LogP contribution in [-0.4, -0.2) is 11.9 Å². The molecule has 0 saturated heterocycles. The van der Waals surface area contributed by atoms with Crippen molar-refractivity contribution in [3.05, 3.63) is 52.0 Å². The lowest BCUT2D eigenvalue weighted by molar-refractivity contribution is -0.137. The SMILES string of the molecule is NC(N)=NC(N)=Nc1ccc(Oc2c(Cl)cc(C(F)(F)F)cc2Cl)cc1. The molecule has 0 bridgehead atoms. The van der Waals surface area contributed by atoms with Gasteiger partial charge in [0.2, 0.25) is 5.96 Å². The van der Waals surface area contributed by atoms with Gasteiger partial charge in [-0.05, 0) is 36.4 Å². The minimum absolute atomic E-state index is 0.0994. The highest BCUT2D eigenvalue weighted by Crippen LogP contribution is 2.41. The average molecular weight is 406 g/mol. The van der Waals surface area contributed by atoms with Gasteiger partial charge < -0.3 is 21.9 Å². The fourth-order valence-electron chi connectivity index (χ4n) is 1.82. The van der Waals surface area contributed by atoms with Crippen molar-refractivity contribution in [1.29, 1.82) is 0 Å². The van der Waals surface area contributed by atoms with Crippen LogP contribution in [0.15, 0.2) is 46.4 Å². The third-order valence-corrected chi connectivity index (χ3v) is 3.43. The topological polar surface area (TPSA) is 112 Å². The molecule has 0 unspecified atom stereocenters. The molecule has 0 heterocycles. The molecule has 138 valence electrons. The number of ether oxygens (including phenoxy) is 1. The number of hydrogen-bond donors (Lipinski definition) is 3. The second-order valence-electron chi connectivity index (χ2n) is 4.87. The number of alkyl halides is 3. The Bertz CT molecular complexity index is 840. The van der Waals surface area contributed by atoms with Crippen LogP contribution in [-0.2, 0) is 6.18 Å². The molecular weight excluding hydrogens is 394 g/mol. The van der Waals surface area contributed by atoms with Crippen LogP contribution in [0.1, 0.15) is 5.56 Å². The Labute approximate surface area is 156 Å². The van der Waals surface area contributed by atoms with Gasteiger partial charge in [-0.15, -0.1) is 0 Å². The van der Waals surface area contributed by atoms with Gasteiger partial charge in [-0.25, -0.2) is 4.99 Å². The smallest absolute Gasteiger partial charge is 0.416 e. The lowest BCUT2D eigenvalue weighted by atomic mass is 10.2. The molecule has 2 rings (SSSR count). The monoisotopic (exact) mass is 405 g/mol. The van der Waals surface area contributed by atoms with Crippen molar-refractivity contribution >= 4 is 40.8 Å². The number of nitrogens with two attached hydrogens (primary N) is 3. The van der Waals surface area contributed by atoms with Gasteiger partial charge in [-0.1, -0.05) is 23.2 Å². The summed E-state index contributed by atoms with van der Waals surface area (Å²) in [6.45, 7) is 0. The maximum Gasteiger partial charge on any atom is 0.416 e. The second kappa shape index (κ2) is 7.71. The minimum atomic E-state index is -4.57. The molecule has 0 fully saturated rings. The molecule has 11 heteroatoms. The van der Waals surface area contributed by atoms with E-state index in [0.29, 0.717) is 5.69 Å². The molecule has 0 aromatic heterocycles. The molecule has 0 spiro atoms. The summed E-state index contributed by atoms with van der Waals surface area (Å²) in [6.07, 6.45) is -4.57. The Morgan fingerprint density at radius 3 is 1.96 bits per heavy atom. The van der Waals surface area contributed by atoms with Gasteiger partial charge in [0.15, 0.2) is 11.7 Å². The molecule has 0 atom stereocenters. The summed E-state index contributed by atoms with van der Waals surface area (Å²) in [4.78, 5) is 7.49. The number of benzene rings is 2. The van der Waals surface area contributed by atoms with Gasteiger partial charge in [-0.2, -0.15) is 18.2 Å². The zero-order valence-electron chi connectivity index (χ0n) is 12.9. The van der Waals surface area contributed by atoms with Crippen LogP contribution >= 0.6 is 23.2 Å². The summed E-state index contributed by atoms with van der Waals surface area (Å²) < 4.78 is 43.6. The van der Waals surface area contributed by atoms with Gasteiger partial charge in [-0.3, -0.25) is 0 Å². The fraction of sp³-hybridized carbons (Fsp3) is 0.0667. The number of aliphatic imine (C=N–C) groups is 2. The van der Waals surface area contributed by atoms with E-state index in [-0.39, 0.29) is 33.5 Å². The Kier molecular flexibility index (Phi) is 5.83. The summed E-state index contributed by atoms with van der Waals surface area (Å²) in [5.41, 5.74) is 15.3. The van der Waals surface area contributed by atoms with E-state index in [2.05, 4.69) is 9.98 Å². The number of guanidine groups is 2. The van der Waals surface area contributed by atoms with E-state index in [0.717, 1.165) is 12.1 Å². The molecule has 26 heavy (non-hydrogen) atoms. The molecule has 0 amide bonds. The first-order valence-corrected chi connectivity index (χ1v) is 7.60. The Morgan fingerprint density at radius 1 is 0.962 bits per heavy atom. The van der Waals surface area contributed by atoms with Crippen molar-refractivity contribution in [2.45, 2.75) is 6.18 Å². The summed E-state index contributed by atoms with van der Waals surface area (Å²) >= 11 is 11.7. The van der Waals surface area contributed by atoms with E-state index < -0.39 is 11.7 Å². The Morgan fingerprint density at radius 2 is 1.50 bits per heavy atom. The van der Waals surface area contributed by atoms with Crippen molar-refractivity contribution in [2.75, 3.05) is 0 Å². The van der Waals surface area contributed by atoms with Crippen LogP contribution in [0.5, 0.6) is 11.5 Å². The molecule has 0 aliphatic heterocycles. The van der Waals surface area contributed by atoms with Crippen LogP contribution in [0.2, 0.25) is 10.0 Å². The van der Waals surface area contributed by atoms with Crippen molar-refractivity contribution in [3.63, 3.8) is 0 Å². The number of hydrogen-bond acceptors (Lipinski definition) is 2. The highest BCUT2D eigenvalue weighted by Gasteiger charge is 2.32. The van der Waals surface area contributed by atoms with Gasteiger partial charge in [0.05, 0.1) is 21.3 Å². The normalized spacial score (nSPS) is 12.0. The predicted octanol–water partition coefficient (Wildman–Crippen LogP) is 4.02. The first kappa shape index (κ1) is 19.7. The van der Waals surface area contributed by atoms with Crippen LogP contribution < -0.4 is 21.9 Å².